The zero-order chi connectivity index (χ0) is 20.5. The van der Waals surface area contributed by atoms with Crippen molar-refractivity contribution in [1.29, 1.82) is 0 Å². The molecular formula is C23H21ClN2O2S. The molecule has 1 unspecified atom stereocenters. The van der Waals surface area contributed by atoms with Crippen molar-refractivity contribution < 1.29 is 4.21 Å². The van der Waals surface area contributed by atoms with Crippen molar-refractivity contribution >= 4 is 28.1 Å². The van der Waals surface area contributed by atoms with Gasteiger partial charge in [-0.1, -0.05) is 48.9 Å². The monoisotopic (exact) mass is 424 g/mol. The summed E-state index contributed by atoms with van der Waals surface area (Å²) >= 11 is 6.48. The van der Waals surface area contributed by atoms with Crippen LogP contribution in [-0.2, 0) is 30.1 Å². The maximum Gasteiger partial charge on any atom is 0.250 e. The average Bonchev–Trinajstić information content (AvgIpc) is 2.86. The van der Waals surface area contributed by atoms with Crippen molar-refractivity contribution in [2.45, 2.75) is 19.2 Å². The summed E-state index contributed by atoms with van der Waals surface area (Å²) in [5, 5.41) is 0.634. The van der Waals surface area contributed by atoms with Crippen molar-refractivity contribution in [2.24, 2.45) is 12.0 Å². The van der Waals surface area contributed by atoms with Gasteiger partial charge in [0.25, 0.3) is 5.56 Å². The molecule has 0 saturated carbocycles. The SMILES string of the molecule is CCS(=O)Cc1ccc2c(c1)-c1cn(C)c(=O)cc1CN=C2c1ccccc1Cl. The van der Waals surface area contributed by atoms with Gasteiger partial charge in [-0.05, 0) is 28.8 Å². The van der Waals surface area contributed by atoms with Crippen LogP contribution in [0, 0.1) is 0 Å². The molecule has 2 heterocycles. The third-order valence-corrected chi connectivity index (χ3v) is 6.76. The standard InChI is InChI=1S/C23H21ClN2O2S/c1-3-29(28)14-15-8-9-17-19(10-15)20-13-26(2)22(27)11-16(20)12-25-23(17)18-6-4-5-7-21(18)24/h4-11,13H,3,12,14H2,1-2H3. The first kappa shape index (κ1) is 19.8. The third kappa shape index (κ3) is 3.85. The van der Waals surface area contributed by atoms with Gasteiger partial charge in [0.2, 0.25) is 0 Å². The fraction of sp³-hybridized carbons (Fsp3) is 0.217. The van der Waals surface area contributed by atoms with E-state index in [4.69, 9.17) is 16.6 Å². The first-order chi connectivity index (χ1) is 14.0. The van der Waals surface area contributed by atoms with Crippen molar-refractivity contribution in [2.75, 3.05) is 5.75 Å². The predicted molar refractivity (Wildman–Crippen MR) is 120 cm³/mol. The minimum atomic E-state index is -0.904. The van der Waals surface area contributed by atoms with Gasteiger partial charge >= 0.3 is 0 Å². The maximum absolute atomic E-state index is 12.2. The molecule has 4 nitrogen and oxygen atoms in total. The first-order valence-corrected chi connectivity index (χ1v) is 11.3. The summed E-state index contributed by atoms with van der Waals surface area (Å²) < 4.78 is 13.7. The summed E-state index contributed by atoms with van der Waals surface area (Å²) in [4.78, 5) is 17.1. The number of rotatable bonds is 4. The molecule has 0 amide bonds. The van der Waals surface area contributed by atoms with Gasteiger partial charge in [-0.3, -0.25) is 14.0 Å². The van der Waals surface area contributed by atoms with Gasteiger partial charge in [-0.25, -0.2) is 0 Å². The van der Waals surface area contributed by atoms with Gasteiger partial charge in [-0.2, -0.15) is 0 Å². The number of nitrogens with zero attached hydrogens (tertiary/aromatic N) is 2. The van der Waals surface area contributed by atoms with Crippen LogP contribution < -0.4 is 5.56 Å². The van der Waals surface area contributed by atoms with Crippen LogP contribution in [0.1, 0.15) is 29.2 Å². The number of aliphatic imine (C=N–C) groups is 1. The molecular weight excluding hydrogens is 404 g/mol. The van der Waals surface area contributed by atoms with Crippen LogP contribution in [0.5, 0.6) is 0 Å². The second kappa shape index (κ2) is 8.09. The molecule has 29 heavy (non-hydrogen) atoms. The van der Waals surface area contributed by atoms with E-state index < -0.39 is 10.8 Å². The minimum absolute atomic E-state index is 0.0649. The van der Waals surface area contributed by atoms with E-state index >= 15 is 0 Å². The van der Waals surface area contributed by atoms with Gasteiger partial charge < -0.3 is 4.57 Å². The van der Waals surface area contributed by atoms with Crippen LogP contribution in [0.2, 0.25) is 5.02 Å². The first-order valence-electron chi connectivity index (χ1n) is 9.45. The van der Waals surface area contributed by atoms with Crippen molar-refractivity contribution in [1.82, 2.24) is 4.57 Å². The lowest BCUT2D eigenvalue weighted by Crippen LogP contribution is -2.16. The Kier molecular flexibility index (Phi) is 5.52. The van der Waals surface area contributed by atoms with Crippen molar-refractivity contribution in [3.63, 3.8) is 0 Å². The molecule has 1 aromatic heterocycles. The number of benzene rings is 2. The van der Waals surface area contributed by atoms with E-state index in [9.17, 15) is 9.00 Å². The van der Waals surface area contributed by atoms with E-state index in [-0.39, 0.29) is 5.56 Å². The molecule has 6 heteroatoms. The molecule has 3 aromatic rings. The number of halogens is 1. The highest BCUT2D eigenvalue weighted by Crippen LogP contribution is 2.34. The minimum Gasteiger partial charge on any atom is -0.318 e. The smallest absolute Gasteiger partial charge is 0.250 e. The highest BCUT2D eigenvalue weighted by Gasteiger charge is 2.22. The van der Waals surface area contributed by atoms with Gasteiger partial charge in [0.1, 0.15) is 0 Å². The molecule has 2 aromatic carbocycles. The second-order valence-electron chi connectivity index (χ2n) is 7.06. The number of aryl methyl sites for hydroxylation is 1. The van der Waals surface area contributed by atoms with Gasteiger partial charge in [0, 0.05) is 63.3 Å². The quantitative estimate of drug-likeness (QED) is 0.626. The second-order valence-corrected chi connectivity index (χ2v) is 9.21. The summed E-state index contributed by atoms with van der Waals surface area (Å²) in [6, 6.07) is 15.4. The largest absolute Gasteiger partial charge is 0.318 e. The Balaban J connectivity index is 1.97. The predicted octanol–water partition coefficient (Wildman–Crippen LogP) is 4.33. The van der Waals surface area contributed by atoms with Gasteiger partial charge in [0.05, 0.1) is 12.3 Å². The van der Waals surface area contributed by atoms with Crippen LogP contribution in [-0.4, -0.2) is 20.2 Å². The molecule has 0 aliphatic carbocycles. The molecule has 0 radical (unpaired) electrons. The highest BCUT2D eigenvalue weighted by molar-refractivity contribution is 7.84. The molecule has 1 aliphatic rings. The molecule has 1 aliphatic heterocycles. The Labute approximate surface area is 177 Å². The van der Waals surface area contributed by atoms with Crippen molar-refractivity contribution in [3.05, 3.63) is 92.4 Å². The average molecular weight is 425 g/mol. The topological polar surface area (TPSA) is 51.4 Å². The lowest BCUT2D eigenvalue weighted by atomic mass is 9.92. The Bertz CT molecular complexity index is 1210. The van der Waals surface area contributed by atoms with Crippen LogP contribution >= 0.6 is 11.6 Å². The zero-order valence-electron chi connectivity index (χ0n) is 16.3. The number of hydrogen-bond donors (Lipinski definition) is 0. The highest BCUT2D eigenvalue weighted by atomic mass is 35.5. The van der Waals surface area contributed by atoms with E-state index in [0.29, 0.717) is 23.1 Å². The van der Waals surface area contributed by atoms with E-state index in [1.54, 1.807) is 17.7 Å². The molecule has 4 rings (SSSR count). The fourth-order valence-electron chi connectivity index (χ4n) is 3.57. The fourth-order valence-corrected chi connectivity index (χ4v) is 4.55. The van der Waals surface area contributed by atoms with E-state index in [0.717, 1.165) is 39.1 Å². The van der Waals surface area contributed by atoms with Crippen molar-refractivity contribution in [3.8, 4) is 11.1 Å². The van der Waals surface area contributed by atoms with E-state index in [1.807, 2.05) is 49.5 Å². The molecule has 0 spiro atoms. The molecule has 0 N–H and O–H groups in total. The maximum atomic E-state index is 12.2. The summed E-state index contributed by atoms with van der Waals surface area (Å²) in [5.41, 5.74) is 6.40. The third-order valence-electron chi connectivity index (χ3n) is 5.13. The van der Waals surface area contributed by atoms with Gasteiger partial charge in [-0.15, -0.1) is 0 Å². The molecule has 0 fully saturated rings. The normalized spacial score (nSPS) is 13.8. The van der Waals surface area contributed by atoms with Crippen LogP contribution in [0.25, 0.3) is 11.1 Å². The zero-order valence-corrected chi connectivity index (χ0v) is 17.9. The van der Waals surface area contributed by atoms with E-state index in [2.05, 4.69) is 6.07 Å². The van der Waals surface area contributed by atoms with Gasteiger partial charge in [0.15, 0.2) is 0 Å². The van der Waals surface area contributed by atoms with Crippen LogP contribution in [0.15, 0.2) is 64.5 Å². The number of aromatic nitrogens is 1. The lowest BCUT2D eigenvalue weighted by molar-refractivity contribution is 0.683. The summed E-state index contributed by atoms with van der Waals surface area (Å²) in [7, 11) is 0.845. The molecule has 0 bridgehead atoms. The van der Waals surface area contributed by atoms with E-state index in [1.165, 1.54) is 0 Å². The Morgan fingerprint density at radius 3 is 2.62 bits per heavy atom. The molecule has 1 atom stereocenters. The van der Waals surface area contributed by atoms with Crippen LogP contribution in [0.4, 0.5) is 0 Å². The number of pyridine rings is 1. The number of fused-ring (bicyclic) bond motifs is 3. The summed E-state index contributed by atoms with van der Waals surface area (Å²) in [6.07, 6.45) is 1.86. The molecule has 148 valence electrons. The summed E-state index contributed by atoms with van der Waals surface area (Å²) in [6.45, 7) is 2.32. The Hall–Kier alpha value is -2.50. The molecule has 0 saturated heterocycles. The Morgan fingerprint density at radius 2 is 1.86 bits per heavy atom. The Morgan fingerprint density at radius 1 is 1.07 bits per heavy atom. The van der Waals surface area contributed by atoms with Crippen LogP contribution in [0.3, 0.4) is 0 Å². The summed E-state index contributed by atoms with van der Waals surface area (Å²) in [5.74, 6) is 1.12. The number of hydrogen-bond acceptors (Lipinski definition) is 3. The lowest BCUT2D eigenvalue weighted by Gasteiger charge is -2.15.